The zero-order valence-electron chi connectivity index (χ0n) is 12.2. The van der Waals surface area contributed by atoms with Crippen molar-refractivity contribution in [3.8, 4) is 11.5 Å². The largest absolute Gasteiger partial charge is 0.497 e. The van der Waals surface area contributed by atoms with Crippen molar-refractivity contribution in [1.82, 2.24) is 5.01 Å². The number of nitrogens with two attached hydrogens (primary N) is 1. The fourth-order valence-corrected chi connectivity index (χ4v) is 2.31. The van der Waals surface area contributed by atoms with E-state index in [9.17, 15) is 4.79 Å². The highest BCUT2D eigenvalue weighted by molar-refractivity contribution is 6.01. The summed E-state index contributed by atoms with van der Waals surface area (Å²) < 4.78 is 10.9. The SMILES string of the molecule is COc1cccc(OC[C@H]2Nc3ccccc3C(=O)N2N)c1. The van der Waals surface area contributed by atoms with Crippen molar-refractivity contribution >= 4 is 11.6 Å². The minimum atomic E-state index is -0.436. The summed E-state index contributed by atoms with van der Waals surface area (Å²) in [4.78, 5) is 12.2. The number of nitrogens with one attached hydrogen (secondary N) is 1. The molecule has 1 amide bonds. The molecule has 2 aromatic carbocycles. The van der Waals surface area contributed by atoms with Gasteiger partial charge >= 0.3 is 0 Å². The molecule has 6 nitrogen and oxygen atoms in total. The van der Waals surface area contributed by atoms with Gasteiger partial charge in [-0.25, -0.2) is 5.84 Å². The molecule has 3 rings (SSSR count). The van der Waals surface area contributed by atoms with Gasteiger partial charge in [0.15, 0.2) is 6.17 Å². The van der Waals surface area contributed by atoms with Crippen LogP contribution >= 0.6 is 0 Å². The molecule has 1 heterocycles. The Hall–Kier alpha value is -2.73. The number of para-hydroxylation sites is 1. The van der Waals surface area contributed by atoms with E-state index < -0.39 is 6.17 Å². The van der Waals surface area contributed by atoms with E-state index in [1.165, 1.54) is 0 Å². The number of ether oxygens (including phenoxy) is 2. The van der Waals surface area contributed by atoms with Gasteiger partial charge in [-0.1, -0.05) is 18.2 Å². The van der Waals surface area contributed by atoms with Gasteiger partial charge in [0.1, 0.15) is 18.1 Å². The summed E-state index contributed by atoms with van der Waals surface area (Å²) in [7, 11) is 1.60. The van der Waals surface area contributed by atoms with E-state index in [1.807, 2.05) is 30.3 Å². The van der Waals surface area contributed by atoms with Gasteiger partial charge in [0, 0.05) is 11.8 Å². The van der Waals surface area contributed by atoms with Crippen LogP contribution in [0, 0.1) is 0 Å². The molecule has 0 fully saturated rings. The third-order valence-electron chi connectivity index (χ3n) is 3.50. The van der Waals surface area contributed by atoms with E-state index in [4.69, 9.17) is 15.3 Å². The predicted octanol–water partition coefficient (Wildman–Crippen LogP) is 1.84. The maximum atomic E-state index is 12.2. The highest BCUT2D eigenvalue weighted by Crippen LogP contribution is 2.24. The third-order valence-corrected chi connectivity index (χ3v) is 3.50. The first-order valence-corrected chi connectivity index (χ1v) is 6.89. The van der Waals surface area contributed by atoms with Crippen LogP contribution in [0.15, 0.2) is 48.5 Å². The molecule has 6 heteroatoms. The minimum Gasteiger partial charge on any atom is -0.497 e. The van der Waals surface area contributed by atoms with Gasteiger partial charge in [-0.2, -0.15) is 0 Å². The Morgan fingerprint density at radius 3 is 2.77 bits per heavy atom. The molecular weight excluding hydrogens is 282 g/mol. The number of benzene rings is 2. The smallest absolute Gasteiger partial charge is 0.271 e. The molecule has 3 N–H and O–H groups in total. The topological polar surface area (TPSA) is 76.8 Å². The first-order chi connectivity index (χ1) is 10.7. The zero-order valence-corrected chi connectivity index (χ0v) is 12.2. The molecular formula is C16H17N3O3. The van der Waals surface area contributed by atoms with Crippen LogP contribution in [0.2, 0.25) is 0 Å². The van der Waals surface area contributed by atoms with Gasteiger partial charge in [0.25, 0.3) is 5.91 Å². The number of nitrogens with zero attached hydrogens (tertiary/aromatic N) is 1. The number of carbonyl (C=O) groups is 1. The van der Waals surface area contributed by atoms with Crippen molar-refractivity contribution in [3.63, 3.8) is 0 Å². The van der Waals surface area contributed by atoms with Crippen molar-refractivity contribution in [3.05, 3.63) is 54.1 Å². The minimum absolute atomic E-state index is 0.226. The fraction of sp³-hybridized carbons (Fsp3) is 0.188. The van der Waals surface area contributed by atoms with Crippen molar-refractivity contribution in [2.45, 2.75) is 6.17 Å². The summed E-state index contributed by atoms with van der Waals surface area (Å²) in [5.74, 6) is 7.01. The molecule has 0 spiro atoms. The summed E-state index contributed by atoms with van der Waals surface area (Å²) in [6.07, 6.45) is -0.436. The first kappa shape index (κ1) is 14.2. The zero-order chi connectivity index (χ0) is 15.5. The molecule has 114 valence electrons. The van der Waals surface area contributed by atoms with E-state index in [0.29, 0.717) is 17.1 Å². The maximum Gasteiger partial charge on any atom is 0.271 e. The van der Waals surface area contributed by atoms with Crippen LogP contribution in [-0.4, -0.2) is 30.8 Å². The number of amides is 1. The molecule has 0 unspecified atom stereocenters. The van der Waals surface area contributed by atoms with Gasteiger partial charge in [0.05, 0.1) is 12.7 Å². The van der Waals surface area contributed by atoms with E-state index in [-0.39, 0.29) is 12.5 Å². The van der Waals surface area contributed by atoms with Crippen LogP contribution < -0.4 is 20.6 Å². The predicted molar refractivity (Wildman–Crippen MR) is 82.7 cm³/mol. The fourth-order valence-electron chi connectivity index (χ4n) is 2.31. The van der Waals surface area contributed by atoms with E-state index in [1.54, 1.807) is 25.3 Å². The molecule has 2 aromatic rings. The Bertz CT molecular complexity index is 690. The van der Waals surface area contributed by atoms with Gasteiger partial charge in [-0.15, -0.1) is 0 Å². The number of rotatable bonds is 4. The Morgan fingerprint density at radius 1 is 1.18 bits per heavy atom. The molecule has 0 aliphatic carbocycles. The number of hydrogen-bond acceptors (Lipinski definition) is 5. The van der Waals surface area contributed by atoms with Crippen molar-refractivity contribution < 1.29 is 14.3 Å². The average Bonchev–Trinajstić information content (AvgIpc) is 2.57. The van der Waals surface area contributed by atoms with E-state index in [2.05, 4.69) is 5.32 Å². The summed E-state index contributed by atoms with van der Waals surface area (Å²) in [5.41, 5.74) is 1.32. The Balaban J connectivity index is 1.72. The highest BCUT2D eigenvalue weighted by Gasteiger charge is 2.30. The standard InChI is InChI=1S/C16H17N3O3/c1-21-11-5-4-6-12(9-11)22-10-15-18-14-8-3-2-7-13(14)16(20)19(15)17/h2-9,15,18H,10,17H2,1H3/t15-/m0/s1. The molecule has 0 bridgehead atoms. The van der Waals surface area contributed by atoms with Crippen LogP contribution in [0.25, 0.3) is 0 Å². The number of fused-ring (bicyclic) bond motifs is 1. The lowest BCUT2D eigenvalue weighted by molar-refractivity contribution is 0.0628. The second kappa shape index (κ2) is 5.95. The van der Waals surface area contributed by atoms with Gasteiger partial charge in [-0.05, 0) is 24.3 Å². The summed E-state index contributed by atoms with van der Waals surface area (Å²) in [5, 5.41) is 4.36. The van der Waals surface area contributed by atoms with Crippen LogP contribution in [0.5, 0.6) is 11.5 Å². The number of hydrazine groups is 1. The lowest BCUT2D eigenvalue weighted by atomic mass is 10.1. The Morgan fingerprint density at radius 2 is 1.95 bits per heavy atom. The molecule has 1 aliphatic rings. The molecule has 0 radical (unpaired) electrons. The van der Waals surface area contributed by atoms with Crippen molar-refractivity contribution in [1.29, 1.82) is 0 Å². The normalized spacial score (nSPS) is 16.7. The summed E-state index contributed by atoms with van der Waals surface area (Å²) in [6, 6.07) is 14.5. The van der Waals surface area contributed by atoms with Crippen LogP contribution in [0.3, 0.4) is 0 Å². The Kier molecular flexibility index (Phi) is 3.84. The van der Waals surface area contributed by atoms with E-state index in [0.717, 1.165) is 10.7 Å². The van der Waals surface area contributed by atoms with Crippen LogP contribution in [0.4, 0.5) is 5.69 Å². The summed E-state index contributed by atoms with van der Waals surface area (Å²) >= 11 is 0. The third kappa shape index (κ3) is 2.68. The van der Waals surface area contributed by atoms with Gasteiger partial charge in [0.2, 0.25) is 0 Å². The average molecular weight is 299 g/mol. The number of carbonyl (C=O) groups excluding carboxylic acids is 1. The lowest BCUT2D eigenvalue weighted by Gasteiger charge is -2.34. The molecule has 1 atom stereocenters. The number of hydrogen-bond donors (Lipinski definition) is 2. The van der Waals surface area contributed by atoms with Crippen LogP contribution in [0.1, 0.15) is 10.4 Å². The van der Waals surface area contributed by atoms with Crippen molar-refractivity contribution in [2.24, 2.45) is 5.84 Å². The second-order valence-corrected chi connectivity index (χ2v) is 4.91. The molecule has 22 heavy (non-hydrogen) atoms. The van der Waals surface area contributed by atoms with Gasteiger partial charge in [-0.3, -0.25) is 9.80 Å². The van der Waals surface area contributed by atoms with Crippen molar-refractivity contribution in [2.75, 3.05) is 19.0 Å². The molecule has 1 aliphatic heterocycles. The number of methoxy groups -OCH3 is 1. The number of anilines is 1. The molecule has 0 saturated heterocycles. The Labute approximate surface area is 128 Å². The quantitative estimate of drug-likeness (QED) is 0.665. The lowest BCUT2D eigenvalue weighted by Crippen LogP contribution is -2.55. The van der Waals surface area contributed by atoms with E-state index >= 15 is 0 Å². The summed E-state index contributed by atoms with van der Waals surface area (Å²) in [6.45, 7) is 0.226. The second-order valence-electron chi connectivity index (χ2n) is 4.91. The van der Waals surface area contributed by atoms with Crippen LogP contribution in [-0.2, 0) is 0 Å². The molecule has 0 saturated carbocycles. The molecule has 0 aromatic heterocycles. The van der Waals surface area contributed by atoms with Gasteiger partial charge < -0.3 is 14.8 Å². The highest BCUT2D eigenvalue weighted by atomic mass is 16.5. The first-order valence-electron chi connectivity index (χ1n) is 6.89. The maximum absolute atomic E-state index is 12.2. The monoisotopic (exact) mass is 299 g/mol.